The molecule has 1 atom stereocenters. The Kier molecular flexibility index (Phi) is 10.9. The van der Waals surface area contributed by atoms with E-state index in [9.17, 15) is 27.6 Å². The highest BCUT2D eigenvalue weighted by molar-refractivity contribution is 7.91. The van der Waals surface area contributed by atoms with E-state index in [1.807, 2.05) is 0 Å². The first-order chi connectivity index (χ1) is 21.7. The Morgan fingerprint density at radius 1 is 1.02 bits per heavy atom. The first kappa shape index (κ1) is 34.3. The lowest BCUT2D eigenvalue weighted by Gasteiger charge is -2.23. The molecular formula is C28H34ClN9O7S. The van der Waals surface area contributed by atoms with Crippen LogP contribution >= 0.6 is 11.6 Å². The number of benzene rings is 2. The second-order valence-electron chi connectivity index (χ2n) is 11.5. The average Bonchev–Trinajstić information content (AvgIpc) is 3.52. The molecule has 0 unspecified atom stereocenters. The fourth-order valence-corrected chi connectivity index (χ4v) is 5.98. The van der Waals surface area contributed by atoms with Crippen LogP contribution in [0, 0.1) is 0 Å². The van der Waals surface area contributed by atoms with Crippen LogP contribution in [0.2, 0.25) is 5.02 Å². The third-order valence-electron chi connectivity index (χ3n) is 6.63. The summed E-state index contributed by atoms with van der Waals surface area (Å²) in [5, 5.41) is 21.6. The molecule has 0 radical (unpaired) electrons. The molecule has 2 heterocycles. The molecule has 18 heteroatoms. The van der Waals surface area contributed by atoms with Gasteiger partial charge in [-0.1, -0.05) is 23.7 Å². The SMILES string of the molecule is CC(C)(C)ONC(=O)[C@H](Cc1ccc(NC(=O)NC2CCS(=O)(=O)CC2)cc1)NC(=O)C(=O)Nc1cc(Cl)ccc1-n1cnnn1. The van der Waals surface area contributed by atoms with Gasteiger partial charge in [0.05, 0.1) is 28.5 Å². The van der Waals surface area contributed by atoms with Crippen molar-refractivity contribution in [1.29, 1.82) is 0 Å². The van der Waals surface area contributed by atoms with Crippen LogP contribution < -0.4 is 26.7 Å². The smallest absolute Gasteiger partial charge is 0.319 e. The van der Waals surface area contributed by atoms with E-state index in [0.717, 1.165) is 0 Å². The minimum Gasteiger partial charge on any atom is -0.336 e. The van der Waals surface area contributed by atoms with Gasteiger partial charge in [0.1, 0.15) is 22.2 Å². The number of hydrogen-bond donors (Lipinski definition) is 5. The predicted molar refractivity (Wildman–Crippen MR) is 168 cm³/mol. The number of amides is 5. The fraction of sp³-hybridized carbons (Fsp3) is 0.393. The Labute approximate surface area is 269 Å². The predicted octanol–water partition coefficient (Wildman–Crippen LogP) is 1.53. The van der Waals surface area contributed by atoms with E-state index >= 15 is 0 Å². The maximum atomic E-state index is 13.1. The Morgan fingerprint density at radius 2 is 1.72 bits per heavy atom. The summed E-state index contributed by atoms with van der Waals surface area (Å²) >= 11 is 6.09. The van der Waals surface area contributed by atoms with Gasteiger partial charge >= 0.3 is 17.8 Å². The molecule has 4 rings (SSSR count). The monoisotopic (exact) mass is 675 g/mol. The largest absolute Gasteiger partial charge is 0.336 e. The molecule has 0 spiro atoms. The highest BCUT2D eigenvalue weighted by atomic mass is 35.5. The first-order valence-corrected chi connectivity index (χ1v) is 16.4. The number of hydroxylamine groups is 1. The van der Waals surface area contributed by atoms with Crippen molar-refractivity contribution in [2.45, 2.75) is 57.7 Å². The summed E-state index contributed by atoms with van der Waals surface area (Å²) in [5.74, 6) is -2.83. The normalized spacial score (nSPS) is 15.3. The molecule has 5 amide bonds. The topological polar surface area (TPSA) is 215 Å². The number of carbonyl (C=O) groups is 4. The van der Waals surface area contributed by atoms with E-state index < -0.39 is 45.2 Å². The molecule has 5 N–H and O–H groups in total. The summed E-state index contributed by atoms with van der Waals surface area (Å²) in [6.07, 6.45) is 1.96. The van der Waals surface area contributed by atoms with Gasteiger partial charge in [-0.3, -0.25) is 19.2 Å². The van der Waals surface area contributed by atoms with E-state index in [1.165, 1.54) is 17.1 Å². The van der Waals surface area contributed by atoms with E-state index in [1.54, 1.807) is 57.2 Å². The Balaban J connectivity index is 1.41. The molecule has 2 aromatic carbocycles. The highest BCUT2D eigenvalue weighted by Gasteiger charge is 2.28. The zero-order chi connectivity index (χ0) is 33.5. The van der Waals surface area contributed by atoms with Gasteiger partial charge < -0.3 is 21.3 Å². The van der Waals surface area contributed by atoms with Gasteiger partial charge in [0, 0.05) is 23.2 Å². The minimum absolute atomic E-state index is 0.0305. The van der Waals surface area contributed by atoms with Gasteiger partial charge in [0.2, 0.25) is 0 Å². The fourth-order valence-electron chi connectivity index (χ4n) is 4.31. The molecule has 16 nitrogen and oxygen atoms in total. The summed E-state index contributed by atoms with van der Waals surface area (Å²) < 4.78 is 24.5. The van der Waals surface area contributed by atoms with Crippen molar-refractivity contribution in [2.24, 2.45) is 0 Å². The van der Waals surface area contributed by atoms with Gasteiger partial charge in [-0.2, -0.15) is 4.68 Å². The van der Waals surface area contributed by atoms with Gasteiger partial charge in [0.15, 0.2) is 0 Å². The van der Waals surface area contributed by atoms with Crippen LogP contribution in [0.3, 0.4) is 0 Å². The summed E-state index contributed by atoms with van der Waals surface area (Å²) in [5.41, 5.74) is 3.12. The average molecular weight is 676 g/mol. The van der Waals surface area contributed by atoms with E-state index in [0.29, 0.717) is 29.8 Å². The summed E-state index contributed by atoms with van der Waals surface area (Å²) in [7, 11) is -3.05. The van der Waals surface area contributed by atoms with Crippen LogP contribution in [0.5, 0.6) is 0 Å². The van der Waals surface area contributed by atoms with Gasteiger partial charge in [0.25, 0.3) is 5.91 Å². The third-order valence-corrected chi connectivity index (χ3v) is 8.58. The minimum atomic E-state index is -3.05. The third kappa shape index (κ3) is 10.2. The Bertz CT molecular complexity index is 1660. The highest BCUT2D eigenvalue weighted by Crippen LogP contribution is 2.24. The molecule has 1 fully saturated rings. The molecule has 0 aliphatic carbocycles. The molecule has 1 aliphatic rings. The van der Waals surface area contributed by atoms with E-state index in [4.69, 9.17) is 16.4 Å². The molecule has 1 aliphatic heterocycles. The number of hydrogen-bond acceptors (Lipinski definition) is 10. The zero-order valence-corrected chi connectivity index (χ0v) is 26.8. The number of nitrogens with one attached hydrogen (secondary N) is 5. The number of halogens is 1. The van der Waals surface area contributed by atoms with Crippen LogP contribution in [0.25, 0.3) is 5.69 Å². The molecule has 46 heavy (non-hydrogen) atoms. The number of rotatable bonds is 9. The summed E-state index contributed by atoms with van der Waals surface area (Å²) in [4.78, 5) is 56.8. The quantitative estimate of drug-likeness (QED) is 0.163. The van der Waals surface area contributed by atoms with Crippen molar-refractivity contribution >= 4 is 56.6 Å². The van der Waals surface area contributed by atoms with Gasteiger partial charge in [-0.25, -0.2) is 18.7 Å². The van der Waals surface area contributed by atoms with Crippen LogP contribution in [-0.2, 0) is 35.5 Å². The number of sulfone groups is 1. The number of tetrazole rings is 1. The number of nitrogens with zero attached hydrogens (tertiary/aromatic N) is 4. The van der Waals surface area contributed by atoms with E-state index in [-0.39, 0.29) is 34.7 Å². The van der Waals surface area contributed by atoms with Crippen molar-refractivity contribution in [2.75, 3.05) is 22.1 Å². The zero-order valence-electron chi connectivity index (χ0n) is 25.2. The van der Waals surface area contributed by atoms with Crippen LogP contribution in [0.1, 0.15) is 39.2 Å². The molecule has 0 saturated carbocycles. The summed E-state index contributed by atoms with van der Waals surface area (Å²) in [6.45, 7) is 5.17. The Morgan fingerprint density at radius 3 is 2.35 bits per heavy atom. The Hall–Kier alpha value is -4.61. The maximum absolute atomic E-state index is 13.1. The lowest BCUT2D eigenvalue weighted by atomic mass is 10.0. The van der Waals surface area contributed by atoms with Crippen molar-refractivity contribution in [3.05, 3.63) is 59.4 Å². The molecule has 246 valence electrons. The molecular weight excluding hydrogens is 642 g/mol. The number of aromatic nitrogens is 4. The molecule has 1 saturated heterocycles. The van der Waals surface area contributed by atoms with Gasteiger partial charge in [-0.05, 0) is 79.9 Å². The van der Waals surface area contributed by atoms with E-state index in [2.05, 4.69) is 42.3 Å². The second-order valence-corrected chi connectivity index (χ2v) is 14.2. The number of urea groups is 1. The van der Waals surface area contributed by atoms with Crippen molar-refractivity contribution in [3.8, 4) is 5.69 Å². The lowest BCUT2D eigenvalue weighted by molar-refractivity contribution is -0.149. The van der Waals surface area contributed by atoms with Crippen molar-refractivity contribution in [1.82, 2.24) is 36.3 Å². The summed E-state index contributed by atoms with van der Waals surface area (Å²) in [6, 6.07) is 9.07. The standard InChI is InChI=1S/C28H34ClN9O7S/c1-28(2,3)45-35-24(39)22(34-26(41)25(40)33-21-15-18(29)6-9-23(21)38-16-30-36-37-38)14-17-4-7-19(8-5-17)31-27(42)32-20-10-12-46(43,44)13-11-20/h4-9,15-16,20,22H,10-14H2,1-3H3,(H,33,40)(H,34,41)(H,35,39)(H2,31,32,42)/t22-/m0/s1. The first-order valence-electron chi connectivity index (χ1n) is 14.2. The van der Waals surface area contributed by atoms with Crippen LogP contribution in [0.15, 0.2) is 48.8 Å². The second kappa shape index (κ2) is 14.7. The van der Waals surface area contributed by atoms with Crippen LogP contribution in [0.4, 0.5) is 16.2 Å². The molecule has 3 aromatic rings. The maximum Gasteiger partial charge on any atom is 0.319 e. The molecule has 0 bridgehead atoms. The van der Waals surface area contributed by atoms with Crippen LogP contribution in [-0.4, -0.2) is 81.6 Å². The number of anilines is 2. The van der Waals surface area contributed by atoms with Crippen molar-refractivity contribution in [3.63, 3.8) is 0 Å². The van der Waals surface area contributed by atoms with Crippen molar-refractivity contribution < 1.29 is 32.4 Å². The lowest BCUT2D eigenvalue weighted by Crippen LogP contribution is -2.51. The number of carbonyl (C=O) groups excluding carboxylic acids is 4. The molecule has 1 aromatic heterocycles. The van der Waals surface area contributed by atoms with Gasteiger partial charge in [-0.15, -0.1) is 5.10 Å².